The fourth-order valence-corrected chi connectivity index (χ4v) is 1.32. The highest BCUT2D eigenvalue weighted by molar-refractivity contribution is 5.91. The van der Waals surface area contributed by atoms with E-state index in [1.807, 2.05) is 0 Å². The normalized spacial score (nSPS) is 10.2. The minimum absolute atomic E-state index is 0.0742. The van der Waals surface area contributed by atoms with Gasteiger partial charge in [0.15, 0.2) is 0 Å². The summed E-state index contributed by atoms with van der Waals surface area (Å²) >= 11 is 0. The molecule has 0 N–H and O–H groups in total. The molecule has 0 spiro atoms. The minimum Gasteiger partial charge on any atom is -0.423 e. The van der Waals surface area contributed by atoms with E-state index in [1.54, 1.807) is 0 Å². The first-order valence-electron chi connectivity index (χ1n) is 4.99. The monoisotopic (exact) mass is 252 g/mol. The van der Waals surface area contributed by atoms with Gasteiger partial charge in [0.1, 0.15) is 23.2 Å². The van der Waals surface area contributed by atoms with Crippen LogP contribution in [0.1, 0.15) is 10.4 Å². The van der Waals surface area contributed by atoms with Crippen LogP contribution in [0.5, 0.6) is 5.75 Å². The molecule has 0 atom stereocenters. The molecule has 0 saturated carbocycles. The van der Waals surface area contributed by atoms with Gasteiger partial charge < -0.3 is 4.74 Å². The average molecular weight is 252 g/mol. The molecule has 5 heteroatoms. The topological polar surface area (TPSA) is 26.3 Å². The maximum absolute atomic E-state index is 13.3. The first-order chi connectivity index (χ1) is 8.56. The molecule has 0 aliphatic heterocycles. The fraction of sp³-hybridized carbons (Fsp3) is 0. The van der Waals surface area contributed by atoms with Crippen LogP contribution in [0.25, 0.3) is 0 Å². The third-order valence-corrected chi connectivity index (χ3v) is 2.18. The predicted molar refractivity (Wildman–Crippen MR) is 57.7 cm³/mol. The molecule has 0 saturated heterocycles. The summed E-state index contributed by atoms with van der Waals surface area (Å²) in [5.41, 5.74) is -0.388. The number of ether oxygens (including phenoxy) is 1. The second kappa shape index (κ2) is 4.91. The smallest absolute Gasteiger partial charge is 0.346 e. The maximum Gasteiger partial charge on any atom is 0.346 e. The summed E-state index contributed by atoms with van der Waals surface area (Å²) in [6.07, 6.45) is 0. The molecule has 0 aliphatic carbocycles. The van der Waals surface area contributed by atoms with Crippen LogP contribution in [0, 0.1) is 17.5 Å². The van der Waals surface area contributed by atoms with Crippen LogP contribution in [0.4, 0.5) is 13.2 Å². The first kappa shape index (κ1) is 12.2. The minimum atomic E-state index is -1.01. The van der Waals surface area contributed by atoms with E-state index in [0.29, 0.717) is 6.07 Å². The van der Waals surface area contributed by atoms with E-state index in [1.165, 1.54) is 12.1 Å². The number of carbonyl (C=O) groups excluding carboxylic acids is 1. The Morgan fingerprint density at radius 3 is 2.11 bits per heavy atom. The number of carbonyl (C=O) groups is 1. The van der Waals surface area contributed by atoms with Gasteiger partial charge >= 0.3 is 5.97 Å². The Hall–Kier alpha value is -2.30. The van der Waals surface area contributed by atoms with Crippen molar-refractivity contribution in [3.63, 3.8) is 0 Å². The summed E-state index contributed by atoms with van der Waals surface area (Å²) in [4.78, 5) is 11.6. The van der Waals surface area contributed by atoms with E-state index >= 15 is 0 Å². The molecule has 18 heavy (non-hydrogen) atoms. The quantitative estimate of drug-likeness (QED) is 0.605. The highest BCUT2D eigenvalue weighted by atomic mass is 19.1. The molecule has 0 bridgehead atoms. The van der Waals surface area contributed by atoms with Crippen molar-refractivity contribution in [2.75, 3.05) is 0 Å². The third kappa shape index (κ3) is 2.68. The van der Waals surface area contributed by atoms with Gasteiger partial charge in [-0.05, 0) is 36.4 Å². The average Bonchev–Trinajstić information content (AvgIpc) is 2.32. The molecule has 2 aromatic carbocycles. The molecule has 0 amide bonds. The first-order valence-corrected chi connectivity index (χ1v) is 4.99. The lowest BCUT2D eigenvalue weighted by atomic mass is 10.2. The van der Waals surface area contributed by atoms with Gasteiger partial charge in [0.2, 0.25) is 0 Å². The summed E-state index contributed by atoms with van der Waals surface area (Å²) in [7, 11) is 0. The van der Waals surface area contributed by atoms with Gasteiger partial charge in [0.25, 0.3) is 0 Å². The van der Waals surface area contributed by atoms with Gasteiger partial charge in [0, 0.05) is 6.07 Å². The molecular weight excluding hydrogens is 245 g/mol. The second-order valence-corrected chi connectivity index (χ2v) is 3.47. The fourth-order valence-electron chi connectivity index (χ4n) is 1.32. The zero-order valence-corrected chi connectivity index (χ0v) is 8.99. The van der Waals surface area contributed by atoms with Crippen LogP contribution >= 0.6 is 0 Å². The number of halogens is 3. The Morgan fingerprint density at radius 2 is 1.50 bits per heavy atom. The number of rotatable bonds is 2. The highest BCUT2D eigenvalue weighted by Crippen LogP contribution is 2.15. The molecule has 2 aromatic rings. The van der Waals surface area contributed by atoms with Crippen molar-refractivity contribution in [2.45, 2.75) is 0 Å². The zero-order valence-electron chi connectivity index (χ0n) is 8.99. The van der Waals surface area contributed by atoms with Crippen molar-refractivity contribution in [2.24, 2.45) is 0 Å². The summed E-state index contributed by atoms with van der Waals surface area (Å²) in [5, 5.41) is 0. The van der Waals surface area contributed by atoms with Gasteiger partial charge in [0.05, 0.1) is 5.56 Å². The molecule has 2 rings (SSSR count). The summed E-state index contributed by atoms with van der Waals surface area (Å²) in [6, 6.07) is 7.18. The van der Waals surface area contributed by atoms with Crippen molar-refractivity contribution in [3.05, 3.63) is 65.5 Å². The van der Waals surface area contributed by atoms with Gasteiger partial charge in [-0.2, -0.15) is 0 Å². The van der Waals surface area contributed by atoms with E-state index in [0.717, 1.165) is 24.3 Å². The van der Waals surface area contributed by atoms with E-state index in [4.69, 9.17) is 4.74 Å². The van der Waals surface area contributed by atoms with Gasteiger partial charge in [-0.25, -0.2) is 18.0 Å². The zero-order chi connectivity index (χ0) is 13.1. The standard InChI is InChI=1S/C13H7F3O2/c14-8-1-4-10(5-2-8)18-13(17)11-6-3-9(15)7-12(11)16/h1-7H. The number of esters is 1. The van der Waals surface area contributed by atoms with Crippen molar-refractivity contribution in [1.82, 2.24) is 0 Å². The van der Waals surface area contributed by atoms with E-state index in [2.05, 4.69) is 0 Å². The predicted octanol–water partition coefficient (Wildman–Crippen LogP) is 3.32. The van der Waals surface area contributed by atoms with E-state index in [9.17, 15) is 18.0 Å². The molecule has 0 aromatic heterocycles. The Kier molecular flexibility index (Phi) is 3.32. The molecule has 2 nitrogen and oxygen atoms in total. The van der Waals surface area contributed by atoms with Crippen LogP contribution in [0.2, 0.25) is 0 Å². The van der Waals surface area contributed by atoms with Gasteiger partial charge in [-0.1, -0.05) is 0 Å². The Balaban J connectivity index is 2.19. The van der Waals surface area contributed by atoms with Gasteiger partial charge in [-0.3, -0.25) is 0 Å². The number of benzene rings is 2. The summed E-state index contributed by atoms with van der Waals surface area (Å²) in [6.45, 7) is 0. The van der Waals surface area contributed by atoms with Crippen molar-refractivity contribution in [1.29, 1.82) is 0 Å². The highest BCUT2D eigenvalue weighted by Gasteiger charge is 2.14. The van der Waals surface area contributed by atoms with Crippen molar-refractivity contribution >= 4 is 5.97 Å². The Morgan fingerprint density at radius 1 is 0.889 bits per heavy atom. The Bertz CT molecular complexity index is 579. The summed E-state index contributed by atoms with van der Waals surface area (Å²) in [5.74, 6) is -3.18. The van der Waals surface area contributed by atoms with Crippen molar-refractivity contribution in [3.8, 4) is 5.75 Å². The molecule has 0 radical (unpaired) electrons. The lowest BCUT2D eigenvalue weighted by Gasteiger charge is -2.05. The van der Waals surface area contributed by atoms with E-state index < -0.39 is 23.4 Å². The van der Waals surface area contributed by atoms with Crippen LogP contribution < -0.4 is 4.74 Å². The maximum atomic E-state index is 13.3. The largest absolute Gasteiger partial charge is 0.423 e. The van der Waals surface area contributed by atoms with Crippen LogP contribution in [-0.4, -0.2) is 5.97 Å². The number of hydrogen-bond acceptors (Lipinski definition) is 2. The lowest BCUT2D eigenvalue weighted by molar-refractivity contribution is 0.0729. The molecule has 0 aliphatic rings. The molecule has 0 heterocycles. The summed E-state index contributed by atoms with van der Waals surface area (Å²) < 4.78 is 43.3. The molecule has 92 valence electrons. The lowest BCUT2D eigenvalue weighted by Crippen LogP contribution is -2.10. The SMILES string of the molecule is O=C(Oc1ccc(F)cc1)c1ccc(F)cc1F. The van der Waals surface area contributed by atoms with Crippen LogP contribution in [0.15, 0.2) is 42.5 Å². The molecule has 0 unspecified atom stereocenters. The number of hydrogen-bond donors (Lipinski definition) is 0. The second-order valence-electron chi connectivity index (χ2n) is 3.47. The van der Waals surface area contributed by atoms with Crippen molar-refractivity contribution < 1.29 is 22.7 Å². The van der Waals surface area contributed by atoms with E-state index in [-0.39, 0.29) is 11.3 Å². The van der Waals surface area contributed by atoms with Crippen LogP contribution in [-0.2, 0) is 0 Å². The molecule has 0 fully saturated rings. The Labute approximate surface area is 101 Å². The molecular formula is C13H7F3O2. The van der Waals surface area contributed by atoms with Crippen LogP contribution in [0.3, 0.4) is 0 Å². The van der Waals surface area contributed by atoms with Gasteiger partial charge in [-0.15, -0.1) is 0 Å². The third-order valence-electron chi connectivity index (χ3n) is 2.18.